The molecule has 1 fully saturated rings. The molecule has 3 unspecified atom stereocenters. The third-order valence-electron chi connectivity index (χ3n) is 4.23. The van der Waals surface area contributed by atoms with Crippen molar-refractivity contribution in [2.24, 2.45) is 11.7 Å². The number of hydrogen-bond donors (Lipinski definition) is 1. The van der Waals surface area contributed by atoms with Crippen LogP contribution < -0.4 is 5.73 Å². The highest BCUT2D eigenvalue weighted by Crippen LogP contribution is 2.38. The van der Waals surface area contributed by atoms with E-state index in [9.17, 15) is 0 Å². The van der Waals surface area contributed by atoms with Crippen LogP contribution in [0.1, 0.15) is 51.0 Å². The van der Waals surface area contributed by atoms with Gasteiger partial charge in [0, 0.05) is 26.8 Å². The molecule has 1 aliphatic heterocycles. The van der Waals surface area contributed by atoms with Gasteiger partial charge >= 0.3 is 0 Å². The lowest BCUT2D eigenvalue weighted by atomic mass is 9.97. The Bertz CT molecular complexity index is 405. The van der Waals surface area contributed by atoms with E-state index < -0.39 is 0 Å². The lowest BCUT2D eigenvalue weighted by Crippen LogP contribution is -2.44. The van der Waals surface area contributed by atoms with Gasteiger partial charge in [0.15, 0.2) is 0 Å². The summed E-state index contributed by atoms with van der Waals surface area (Å²) < 4.78 is 1.18. The summed E-state index contributed by atoms with van der Waals surface area (Å²) in [5.41, 5.74) is 6.45. The summed E-state index contributed by atoms with van der Waals surface area (Å²) in [5.74, 6) is 0.706. The molecule has 1 saturated heterocycles. The molecule has 2 nitrogen and oxygen atoms in total. The normalized spacial score (nSPS) is 24.0. The van der Waals surface area contributed by atoms with Gasteiger partial charge < -0.3 is 5.73 Å². The summed E-state index contributed by atoms with van der Waals surface area (Å²) in [5, 5.41) is 2.17. The third kappa shape index (κ3) is 3.41. The van der Waals surface area contributed by atoms with Crippen molar-refractivity contribution in [1.82, 2.24) is 4.90 Å². The SMILES string of the molecule is CCC(N)C(c1cc(Br)cs1)N1CCCC1C(C)C. The van der Waals surface area contributed by atoms with Crippen molar-refractivity contribution in [2.75, 3.05) is 6.54 Å². The fraction of sp³-hybridized carbons (Fsp3) is 0.733. The largest absolute Gasteiger partial charge is 0.326 e. The molecular weight excluding hydrogens is 320 g/mol. The quantitative estimate of drug-likeness (QED) is 0.856. The number of hydrogen-bond acceptors (Lipinski definition) is 3. The van der Waals surface area contributed by atoms with Gasteiger partial charge in [-0.15, -0.1) is 11.3 Å². The number of likely N-dealkylation sites (tertiary alicyclic amines) is 1. The second-order valence-corrected chi connectivity index (χ2v) is 7.73. The van der Waals surface area contributed by atoms with Crippen LogP contribution in [0, 0.1) is 5.92 Å². The highest BCUT2D eigenvalue weighted by molar-refractivity contribution is 9.10. The minimum absolute atomic E-state index is 0.227. The van der Waals surface area contributed by atoms with Gasteiger partial charge in [0.05, 0.1) is 6.04 Å². The van der Waals surface area contributed by atoms with E-state index in [1.54, 1.807) is 0 Å². The van der Waals surface area contributed by atoms with Crippen molar-refractivity contribution in [3.63, 3.8) is 0 Å². The standard InChI is InChI=1S/C15H25BrN2S/c1-4-12(17)15(14-8-11(16)9-19-14)18-7-5-6-13(18)10(2)3/h8-10,12-13,15H,4-7,17H2,1-3H3. The van der Waals surface area contributed by atoms with Gasteiger partial charge in [0.1, 0.15) is 0 Å². The molecule has 0 bridgehead atoms. The second kappa shape index (κ2) is 6.70. The molecule has 0 saturated carbocycles. The third-order valence-corrected chi connectivity index (χ3v) is 5.99. The molecule has 3 atom stereocenters. The van der Waals surface area contributed by atoms with E-state index in [1.165, 1.54) is 28.7 Å². The van der Waals surface area contributed by atoms with Gasteiger partial charge in [-0.1, -0.05) is 20.8 Å². The predicted octanol–water partition coefficient (Wildman–Crippen LogP) is 4.41. The number of nitrogens with two attached hydrogens (primary N) is 1. The summed E-state index contributed by atoms with van der Waals surface area (Å²) >= 11 is 5.41. The van der Waals surface area contributed by atoms with E-state index in [0.29, 0.717) is 18.0 Å². The predicted molar refractivity (Wildman–Crippen MR) is 87.6 cm³/mol. The first-order valence-electron chi connectivity index (χ1n) is 7.29. The molecular formula is C15H25BrN2S. The Kier molecular flexibility index (Phi) is 5.46. The second-order valence-electron chi connectivity index (χ2n) is 5.88. The van der Waals surface area contributed by atoms with Crippen LogP contribution in [-0.4, -0.2) is 23.5 Å². The van der Waals surface area contributed by atoms with Gasteiger partial charge in [-0.2, -0.15) is 0 Å². The summed E-state index contributed by atoms with van der Waals surface area (Å²) in [6.07, 6.45) is 3.65. The van der Waals surface area contributed by atoms with E-state index in [1.807, 2.05) is 11.3 Å². The van der Waals surface area contributed by atoms with Crippen LogP contribution in [0.3, 0.4) is 0 Å². The molecule has 0 aromatic carbocycles. The van der Waals surface area contributed by atoms with Gasteiger partial charge in [-0.25, -0.2) is 0 Å². The smallest absolute Gasteiger partial charge is 0.0596 e. The van der Waals surface area contributed by atoms with E-state index in [0.717, 1.165) is 6.42 Å². The molecule has 2 rings (SSSR count). The molecule has 1 aromatic rings. The number of thiophene rings is 1. The molecule has 0 radical (unpaired) electrons. The average molecular weight is 345 g/mol. The summed E-state index contributed by atoms with van der Waals surface area (Å²) in [7, 11) is 0. The molecule has 108 valence electrons. The average Bonchev–Trinajstić information content (AvgIpc) is 2.99. The lowest BCUT2D eigenvalue weighted by molar-refractivity contribution is 0.127. The number of rotatable bonds is 5. The van der Waals surface area contributed by atoms with Crippen molar-refractivity contribution in [1.29, 1.82) is 0 Å². The number of nitrogens with zero attached hydrogens (tertiary/aromatic N) is 1. The zero-order chi connectivity index (χ0) is 14.0. The molecule has 1 aliphatic rings. The fourth-order valence-corrected chi connectivity index (χ4v) is 4.84. The number of halogens is 1. The zero-order valence-electron chi connectivity index (χ0n) is 12.1. The first-order chi connectivity index (χ1) is 9.04. The minimum atomic E-state index is 0.227. The molecule has 0 amide bonds. The highest BCUT2D eigenvalue weighted by atomic mass is 79.9. The van der Waals surface area contributed by atoms with E-state index >= 15 is 0 Å². The van der Waals surface area contributed by atoms with Gasteiger partial charge in [0.25, 0.3) is 0 Å². The van der Waals surface area contributed by atoms with Crippen LogP contribution in [-0.2, 0) is 0 Å². The fourth-order valence-electron chi connectivity index (χ4n) is 3.20. The molecule has 19 heavy (non-hydrogen) atoms. The van der Waals surface area contributed by atoms with E-state index in [4.69, 9.17) is 5.73 Å². The maximum Gasteiger partial charge on any atom is 0.0596 e. The summed E-state index contributed by atoms with van der Waals surface area (Å²) in [6, 6.07) is 3.55. The van der Waals surface area contributed by atoms with Crippen LogP contribution in [0.4, 0.5) is 0 Å². The minimum Gasteiger partial charge on any atom is -0.326 e. The van der Waals surface area contributed by atoms with Crippen LogP contribution in [0.15, 0.2) is 15.9 Å². The van der Waals surface area contributed by atoms with Crippen molar-refractivity contribution in [3.8, 4) is 0 Å². The zero-order valence-corrected chi connectivity index (χ0v) is 14.5. The van der Waals surface area contributed by atoms with E-state index in [-0.39, 0.29) is 6.04 Å². The molecule has 4 heteroatoms. The monoisotopic (exact) mass is 344 g/mol. The molecule has 0 spiro atoms. The first kappa shape index (κ1) is 15.5. The van der Waals surface area contributed by atoms with E-state index in [2.05, 4.69) is 53.0 Å². The Hall–Kier alpha value is 0.1000. The maximum atomic E-state index is 6.45. The van der Waals surface area contributed by atoms with Crippen LogP contribution in [0.2, 0.25) is 0 Å². The Balaban J connectivity index is 2.27. The Morgan fingerprint density at radius 2 is 2.26 bits per heavy atom. The molecule has 1 aromatic heterocycles. The van der Waals surface area contributed by atoms with Gasteiger partial charge in [-0.3, -0.25) is 4.90 Å². The van der Waals surface area contributed by atoms with Crippen LogP contribution in [0.5, 0.6) is 0 Å². The van der Waals surface area contributed by atoms with Crippen molar-refractivity contribution in [3.05, 3.63) is 20.8 Å². The Morgan fingerprint density at radius 3 is 2.79 bits per heavy atom. The first-order valence-corrected chi connectivity index (χ1v) is 8.97. The van der Waals surface area contributed by atoms with Crippen LogP contribution in [0.25, 0.3) is 0 Å². The molecule has 0 aliphatic carbocycles. The Labute approximate surface area is 129 Å². The van der Waals surface area contributed by atoms with Gasteiger partial charge in [-0.05, 0) is 53.7 Å². The van der Waals surface area contributed by atoms with Gasteiger partial charge in [0.2, 0.25) is 0 Å². The molecule has 2 N–H and O–H groups in total. The van der Waals surface area contributed by atoms with Crippen molar-refractivity contribution in [2.45, 2.75) is 58.2 Å². The summed E-state index contributed by atoms with van der Waals surface area (Å²) in [4.78, 5) is 4.07. The summed E-state index contributed by atoms with van der Waals surface area (Å²) in [6.45, 7) is 8.06. The Morgan fingerprint density at radius 1 is 1.53 bits per heavy atom. The maximum absolute atomic E-state index is 6.45. The lowest BCUT2D eigenvalue weighted by Gasteiger charge is -2.37. The van der Waals surface area contributed by atoms with Crippen molar-refractivity contribution < 1.29 is 0 Å². The highest BCUT2D eigenvalue weighted by Gasteiger charge is 2.36. The topological polar surface area (TPSA) is 29.3 Å². The molecule has 2 heterocycles. The van der Waals surface area contributed by atoms with Crippen molar-refractivity contribution >= 4 is 27.3 Å². The van der Waals surface area contributed by atoms with Crippen LogP contribution >= 0.6 is 27.3 Å².